The van der Waals surface area contributed by atoms with Crippen molar-refractivity contribution in [2.45, 2.75) is 19.3 Å². The Morgan fingerprint density at radius 1 is 1.30 bits per heavy atom. The predicted molar refractivity (Wildman–Crippen MR) is 79.9 cm³/mol. The van der Waals surface area contributed by atoms with Gasteiger partial charge in [-0.2, -0.15) is 0 Å². The predicted octanol–water partition coefficient (Wildman–Crippen LogP) is 2.30. The van der Waals surface area contributed by atoms with E-state index in [1.54, 1.807) is 0 Å². The van der Waals surface area contributed by atoms with Crippen LogP contribution in [-0.2, 0) is 6.42 Å². The number of hydrogen-bond acceptors (Lipinski definition) is 2. The van der Waals surface area contributed by atoms with Crippen LogP contribution in [0.1, 0.15) is 18.4 Å². The highest BCUT2D eigenvalue weighted by Crippen LogP contribution is 2.16. The molecular weight excluding hydrogens is 276 g/mol. The van der Waals surface area contributed by atoms with E-state index in [1.165, 1.54) is 0 Å². The molecule has 1 aromatic rings. The number of aliphatic hydroxyl groups is 1. The fourth-order valence-corrected chi connectivity index (χ4v) is 2.52. The van der Waals surface area contributed by atoms with E-state index in [-0.39, 0.29) is 12.6 Å². The number of aliphatic hydroxyl groups excluding tert-OH is 1. The Hall–Kier alpha value is -1.26. The molecule has 0 spiro atoms. The van der Waals surface area contributed by atoms with Gasteiger partial charge in [-0.1, -0.05) is 23.7 Å². The normalized spacial score (nSPS) is 16.2. The molecule has 1 heterocycles. The highest BCUT2D eigenvalue weighted by Gasteiger charge is 2.21. The third kappa shape index (κ3) is 4.39. The number of urea groups is 1. The molecule has 0 aromatic heterocycles. The summed E-state index contributed by atoms with van der Waals surface area (Å²) in [5.74, 6) is 0.355. The standard InChI is InChI=1S/C15H21ClN2O2/c16-14-3-1-12(2-4-14)5-8-17-15(20)18-9-6-13(11-19)7-10-18/h1-4,13,19H,5-11H2,(H,17,20). The topological polar surface area (TPSA) is 52.6 Å². The van der Waals surface area contributed by atoms with Crippen molar-refractivity contribution >= 4 is 17.6 Å². The molecule has 0 saturated carbocycles. The number of nitrogens with zero attached hydrogens (tertiary/aromatic N) is 1. The molecule has 1 saturated heterocycles. The van der Waals surface area contributed by atoms with Gasteiger partial charge in [0.15, 0.2) is 0 Å². The third-order valence-electron chi connectivity index (χ3n) is 3.76. The average molecular weight is 297 g/mol. The number of rotatable bonds is 4. The molecule has 4 nitrogen and oxygen atoms in total. The molecule has 2 amide bonds. The van der Waals surface area contributed by atoms with Crippen molar-refractivity contribution in [1.82, 2.24) is 10.2 Å². The summed E-state index contributed by atoms with van der Waals surface area (Å²) in [5.41, 5.74) is 1.16. The zero-order valence-corrected chi connectivity index (χ0v) is 12.3. The second-order valence-corrected chi connectivity index (χ2v) is 5.66. The van der Waals surface area contributed by atoms with Crippen molar-refractivity contribution in [3.63, 3.8) is 0 Å². The first-order valence-corrected chi connectivity index (χ1v) is 7.45. The molecule has 0 atom stereocenters. The van der Waals surface area contributed by atoms with Crippen LogP contribution >= 0.6 is 11.6 Å². The summed E-state index contributed by atoms with van der Waals surface area (Å²) < 4.78 is 0. The van der Waals surface area contributed by atoms with Crippen LogP contribution in [0, 0.1) is 5.92 Å². The Labute approximate surface area is 124 Å². The van der Waals surface area contributed by atoms with Gasteiger partial charge in [0.25, 0.3) is 0 Å². The van der Waals surface area contributed by atoms with E-state index in [0.717, 1.165) is 42.9 Å². The van der Waals surface area contributed by atoms with E-state index in [0.29, 0.717) is 12.5 Å². The summed E-state index contributed by atoms with van der Waals surface area (Å²) >= 11 is 5.83. The molecule has 0 unspecified atom stereocenters. The molecule has 110 valence electrons. The van der Waals surface area contributed by atoms with Gasteiger partial charge in [-0.05, 0) is 42.9 Å². The maximum Gasteiger partial charge on any atom is 0.317 e. The minimum Gasteiger partial charge on any atom is -0.396 e. The maximum absolute atomic E-state index is 12.0. The minimum atomic E-state index is -0.00430. The van der Waals surface area contributed by atoms with Crippen LogP contribution in [0.15, 0.2) is 24.3 Å². The van der Waals surface area contributed by atoms with Crippen LogP contribution in [0.2, 0.25) is 5.02 Å². The molecule has 1 aliphatic rings. The lowest BCUT2D eigenvalue weighted by atomic mass is 9.98. The van der Waals surface area contributed by atoms with Gasteiger partial charge in [0.2, 0.25) is 0 Å². The van der Waals surface area contributed by atoms with Crippen LogP contribution in [0.5, 0.6) is 0 Å². The van der Waals surface area contributed by atoms with Gasteiger partial charge in [-0.25, -0.2) is 4.79 Å². The molecule has 5 heteroatoms. The number of likely N-dealkylation sites (tertiary alicyclic amines) is 1. The number of benzene rings is 1. The smallest absolute Gasteiger partial charge is 0.317 e. The van der Waals surface area contributed by atoms with Crippen LogP contribution in [-0.4, -0.2) is 42.3 Å². The number of hydrogen-bond donors (Lipinski definition) is 2. The molecule has 0 radical (unpaired) electrons. The van der Waals surface area contributed by atoms with Crippen molar-refractivity contribution in [2.75, 3.05) is 26.2 Å². The highest BCUT2D eigenvalue weighted by molar-refractivity contribution is 6.30. The van der Waals surface area contributed by atoms with Crippen LogP contribution in [0.3, 0.4) is 0 Å². The van der Waals surface area contributed by atoms with Gasteiger partial charge in [-0.3, -0.25) is 0 Å². The maximum atomic E-state index is 12.0. The van der Waals surface area contributed by atoms with Gasteiger partial charge >= 0.3 is 6.03 Å². The Balaban J connectivity index is 1.69. The lowest BCUT2D eigenvalue weighted by molar-refractivity contribution is 0.137. The number of piperidine rings is 1. The van der Waals surface area contributed by atoms with Crippen LogP contribution in [0.4, 0.5) is 4.79 Å². The number of halogens is 1. The molecule has 1 aliphatic heterocycles. The quantitative estimate of drug-likeness (QED) is 0.896. The Morgan fingerprint density at radius 3 is 2.55 bits per heavy atom. The van der Waals surface area contributed by atoms with Crippen LogP contribution < -0.4 is 5.32 Å². The van der Waals surface area contributed by atoms with E-state index in [2.05, 4.69) is 5.32 Å². The number of amides is 2. The summed E-state index contributed by atoms with van der Waals surface area (Å²) in [6.45, 7) is 2.32. The van der Waals surface area contributed by atoms with Crippen molar-refractivity contribution in [3.05, 3.63) is 34.9 Å². The molecular formula is C15H21ClN2O2. The molecule has 1 aromatic carbocycles. The van der Waals surface area contributed by atoms with Crippen molar-refractivity contribution < 1.29 is 9.90 Å². The zero-order chi connectivity index (χ0) is 14.4. The van der Waals surface area contributed by atoms with Crippen molar-refractivity contribution in [3.8, 4) is 0 Å². The average Bonchev–Trinajstić information content (AvgIpc) is 2.49. The zero-order valence-electron chi connectivity index (χ0n) is 11.5. The molecule has 1 fully saturated rings. The minimum absolute atomic E-state index is 0.00430. The first kappa shape index (κ1) is 15.1. The van der Waals surface area contributed by atoms with Gasteiger partial charge in [-0.15, -0.1) is 0 Å². The summed E-state index contributed by atoms with van der Waals surface area (Å²) in [6.07, 6.45) is 2.58. The van der Waals surface area contributed by atoms with E-state index in [1.807, 2.05) is 29.2 Å². The van der Waals surface area contributed by atoms with Gasteiger partial charge in [0.05, 0.1) is 0 Å². The fourth-order valence-electron chi connectivity index (χ4n) is 2.40. The summed E-state index contributed by atoms with van der Waals surface area (Å²) in [4.78, 5) is 13.8. The molecule has 2 rings (SSSR count). The van der Waals surface area contributed by atoms with E-state index in [9.17, 15) is 4.79 Å². The van der Waals surface area contributed by atoms with E-state index in [4.69, 9.17) is 16.7 Å². The summed E-state index contributed by atoms with van der Waals surface area (Å²) in [7, 11) is 0. The number of carbonyl (C=O) groups excluding carboxylic acids is 1. The van der Waals surface area contributed by atoms with Gasteiger partial charge in [0, 0.05) is 31.3 Å². The summed E-state index contributed by atoms with van der Waals surface area (Å²) in [5, 5.41) is 12.7. The van der Waals surface area contributed by atoms with Crippen molar-refractivity contribution in [2.24, 2.45) is 5.92 Å². The van der Waals surface area contributed by atoms with Gasteiger partial charge < -0.3 is 15.3 Å². The SMILES string of the molecule is O=C(NCCc1ccc(Cl)cc1)N1CCC(CO)CC1. The molecule has 0 aliphatic carbocycles. The van der Waals surface area contributed by atoms with E-state index < -0.39 is 0 Å². The second kappa shape index (κ2) is 7.50. The highest BCUT2D eigenvalue weighted by atomic mass is 35.5. The largest absolute Gasteiger partial charge is 0.396 e. The molecule has 2 N–H and O–H groups in total. The molecule has 20 heavy (non-hydrogen) atoms. The lowest BCUT2D eigenvalue weighted by Crippen LogP contribution is -2.45. The fraction of sp³-hybridized carbons (Fsp3) is 0.533. The second-order valence-electron chi connectivity index (χ2n) is 5.22. The first-order valence-electron chi connectivity index (χ1n) is 7.07. The lowest BCUT2D eigenvalue weighted by Gasteiger charge is -2.31. The monoisotopic (exact) mass is 296 g/mol. The summed E-state index contributed by atoms with van der Waals surface area (Å²) in [6, 6.07) is 7.66. The van der Waals surface area contributed by atoms with Crippen molar-refractivity contribution in [1.29, 1.82) is 0 Å². The number of carbonyl (C=O) groups is 1. The van der Waals surface area contributed by atoms with E-state index >= 15 is 0 Å². The van der Waals surface area contributed by atoms with Crippen LogP contribution in [0.25, 0.3) is 0 Å². The number of nitrogens with one attached hydrogen (secondary N) is 1. The Kier molecular flexibility index (Phi) is 5.68. The molecule has 0 bridgehead atoms. The Bertz CT molecular complexity index is 428. The Morgan fingerprint density at radius 2 is 1.95 bits per heavy atom. The third-order valence-corrected chi connectivity index (χ3v) is 4.02. The van der Waals surface area contributed by atoms with Gasteiger partial charge in [0.1, 0.15) is 0 Å². The first-order chi connectivity index (χ1) is 9.69.